The lowest BCUT2D eigenvalue weighted by Crippen LogP contribution is -1.80. The molecule has 1 aromatic heterocycles. The van der Waals surface area contributed by atoms with Crippen molar-refractivity contribution < 1.29 is 0 Å². The summed E-state index contributed by atoms with van der Waals surface area (Å²) in [6, 6.07) is 5.90. The van der Waals surface area contributed by atoms with Crippen LogP contribution in [0, 0.1) is 6.92 Å². The first-order chi connectivity index (χ1) is 6.66. The zero-order valence-corrected chi connectivity index (χ0v) is 10.4. The standard InChI is InChI=1S/C9H6BrClN2S/c1-5-2-3-6(7(11)4-5)8-12-13-9(10)14-8/h2-4H,1H3. The van der Waals surface area contributed by atoms with Crippen LogP contribution < -0.4 is 0 Å². The molecule has 0 saturated heterocycles. The Bertz CT molecular complexity index is 470. The van der Waals surface area contributed by atoms with Crippen molar-refractivity contribution in [3.05, 3.63) is 32.7 Å². The van der Waals surface area contributed by atoms with Crippen LogP contribution in [0.25, 0.3) is 10.6 Å². The molecule has 0 atom stereocenters. The van der Waals surface area contributed by atoms with E-state index in [9.17, 15) is 0 Å². The van der Waals surface area contributed by atoms with Gasteiger partial charge in [-0.2, -0.15) is 0 Å². The maximum atomic E-state index is 6.10. The molecule has 0 bridgehead atoms. The first-order valence-corrected chi connectivity index (χ1v) is 5.91. The third kappa shape index (κ3) is 1.97. The summed E-state index contributed by atoms with van der Waals surface area (Å²) in [7, 11) is 0. The van der Waals surface area contributed by atoms with Crippen LogP contribution in [0.2, 0.25) is 5.02 Å². The third-order valence-corrected chi connectivity index (χ3v) is 3.46. The van der Waals surface area contributed by atoms with E-state index in [1.807, 2.05) is 25.1 Å². The van der Waals surface area contributed by atoms with Gasteiger partial charge in [-0.15, -0.1) is 10.2 Å². The molecule has 0 amide bonds. The van der Waals surface area contributed by atoms with E-state index in [2.05, 4.69) is 26.1 Å². The molecule has 0 saturated carbocycles. The third-order valence-electron chi connectivity index (χ3n) is 1.76. The number of halogens is 2. The quantitative estimate of drug-likeness (QED) is 0.795. The van der Waals surface area contributed by atoms with Crippen LogP contribution in [0.4, 0.5) is 0 Å². The second-order valence-electron chi connectivity index (χ2n) is 2.84. The van der Waals surface area contributed by atoms with E-state index in [4.69, 9.17) is 11.6 Å². The van der Waals surface area contributed by atoms with E-state index in [-0.39, 0.29) is 0 Å². The van der Waals surface area contributed by atoms with Gasteiger partial charge in [-0.1, -0.05) is 35.1 Å². The predicted molar refractivity (Wildman–Crippen MR) is 62.8 cm³/mol. The van der Waals surface area contributed by atoms with Crippen LogP contribution in [0.1, 0.15) is 5.56 Å². The van der Waals surface area contributed by atoms with Crippen molar-refractivity contribution in [3.8, 4) is 10.6 Å². The fourth-order valence-corrected chi connectivity index (χ4v) is 2.64. The van der Waals surface area contributed by atoms with Crippen molar-refractivity contribution in [2.45, 2.75) is 6.92 Å². The molecule has 0 unspecified atom stereocenters. The largest absolute Gasteiger partial charge is 0.183 e. The Labute approximate surface area is 99.1 Å². The molecular weight excluding hydrogens is 284 g/mol. The fraction of sp³-hybridized carbons (Fsp3) is 0.111. The summed E-state index contributed by atoms with van der Waals surface area (Å²) in [4.78, 5) is 0. The van der Waals surface area contributed by atoms with Crippen LogP contribution >= 0.6 is 38.9 Å². The van der Waals surface area contributed by atoms with Gasteiger partial charge in [0.2, 0.25) is 0 Å². The summed E-state index contributed by atoms with van der Waals surface area (Å²) in [5.74, 6) is 0. The smallest absolute Gasteiger partial charge is 0.137 e. The molecule has 0 fully saturated rings. The highest BCUT2D eigenvalue weighted by molar-refractivity contribution is 9.11. The molecule has 72 valence electrons. The number of benzene rings is 1. The van der Waals surface area contributed by atoms with Gasteiger partial charge in [0.05, 0.1) is 5.02 Å². The molecule has 1 heterocycles. The molecule has 0 aliphatic heterocycles. The Morgan fingerprint density at radius 1 is 1.36 bits per heavy atom. The van der Waals surface area contributed by atoms with Crippen LogP contribution in [-0.2, 0) is 0 Å². The zero-order chi connectivity index (χ0) is 10.1. The molecular formula is C9H6BrClN2S. The minimum Gasteiger partial charge on any atom is -0.137 e. The minimum absolute atomic E-state index is 0.716. The van der Waals surface area contributed by atoms with Gasteiger partial charge < -0.3 is 0 Å². The van der Waals surface area contributed by atoms with Gasteiger partial charge in [-0.05, 0) is 34.5 Å². The van der Waals surface area contributed by atoms with Crippen molar-refractivity contribution in [1.29, 1.82) is 0 Å². The molecule has 14 heavy (non-hydrogen) atoms. The summed E-state index contributed by atoms with van der Waals surface area (Å²) in [6.07, 6.45) is 0. The van der Waals surface area contributed by atoms with E-state index >= 15 is 0 Å². The minimum atomic E-state index is 0.716. The van der Waals surface area contributed by atoms with Crippen molar-refractivity contribution in [2.24, 2.45) is 0 Å². The van der Waals surface area contributed by atoms with Crippen LogP contribution in [0.15, 0.2) is 22.1 Å². The molecule has 0 radical (unpaired) electrons. The highest BCUT2D eigenvalue weighted by Crippen LogP contribution is 2.32. The molecule has 2 aromatic rings. The van der Waals surface area contributed by atoms with Crippen LogP contribution in [0.5, 0.6) is 0 Å². The van der Waals surface area contributed by atoms with Crippen molar-refractivity contribution >= 4 is 38.9 Å². The van der Waals surface area contributed by atoms with Gasteiger partial charge in [0.25, 0.3) is 0 Å². The van der Waals surface area contributed by atoms with Gasteiger partial charge in [-0.25, -0.2) is 0 Å². The average Bonchev–Trinajstić information content (AvgIpc) is 2.51. The summed E-state index contributed by atoms with van der Waals surface area (Å²) in [5, 5.41) is 9.45. The number of aryl methyl sites for hydroxylation is 1. The Morgan fingerprint density at radius 2 is 2.14 bits per heavy atom. The number of rotatable bonds is 1. The number of hydrogen-bond donors (Lipinski definition) is 0. The average molecular weight is 290 g/mol. The molecule has 0 N–H and O–H groups in total. The lowest BCUT2D eigenvalue weighted by Gasteiger charge is -1.99. The number of hydrogen-bond acceptors (Lipinski definition) is 3. The fourth-order valence-electron chi connectivity index (χ4n) is 1.11. The van der Waals surface area contributed by atoms with Crippen molar-refractivity contribution in [3.63, 3.8) is 0 Å². The van der Waals surface area contributed by atoms with Gasteiger partial charge >= 0.3 is 0 Å². The molecule has 1 aromatic carbocycles. The lowest BCUT2D eigenvalue weighted by atomic mass is 10.2. The monoisotopic (exact) mass is 288 g/mol. The maximum absolute atomic E-state index is 6.10. The highest BCUT2D eigenvalue weighted by atomic mass is 79.9. The summed E-state index contributed by atoms with van der Waals surface area (Å²) in [6.45, 7) is 2.01. The van der Waals surface area contributed by atoms with Crippen LogP contribution in [-0.4, -0.2) is 10.2 Å². The molecule has 0 aliphatic rings. The predicted octanol–water partition coefficient (Wildman–Crippen LogP) is 3.93. The SMILES string of the molecule is Cc1ccc(-c2nnc(Br)s2)c(Cl)c1. The van der Waals surface area contributed by atoms with Crippen molar-refractivity contribution in [2.75, 3.05) is 0 Å². The number of nitrogens with zero attached hydrogens (tertiary/aromatic N) is 2. The van der Waals surface area contributed by atoms with E-state index in [0.29, 0.717) is 5.02 Å². The van der Waals surface area contributed by atoms with E-state index in [0.717, 1.165) is 20.1 Å². The Morgan fingerprint density at radius 3 is 2.71 bits per heavy atom. The highest BCUT2D eigenvalue weighted by Gasteiger charge is 2.08. The second-order valence-corrected chi connectivity index (χ2v) is 5.50. The molecule has 5 heteroatoms. The van der Waals surface area contributed by atoms with Gasteiger partial charge in [0.15, 0.2) is 3.92 Å². The number of aromatic nitrogens is 2. The topological polar surface area (TPSA) is 25.8 Å². The van der Waals surface area contributed by atoms with E-state index in [1.165, 1.54) is 11.3 Å². The summed E-state index contributed by atoms with van der Waals surface area (Å²) < 4.78 is 0.768. The molecule has 0 spiro atoms. The van der Waals surface area contributed by atoms with E-state index in [1.54, 1.807) is 0 Å². The zero-order valence-electron chi connectivity index (χ0n) is 7.29. The van der Waals surface area contributed by atoms with Crippen LogP contribution in [0.3, 0.4) is 0 Å². The van der Waals surface area contributed by atoms with E-state index < -0.39 is 0 Å². The van der Waals surface area contributed by atoms with Gasteiger partial charge in [0, 0.05) is 5.56 Å². The second kappa shape index (κ2) is 3.96. The Kier molecular flexibility index (Phi) is 2.85. The maximum Gasteiger partial charge on any atom is 0.183 e. The molecule has 0 aliphatic carbocycles. The van der Waals surface area contributed by atoms with Gasteiger partial charge in [0.1, 0.15) is 5.01 Å². The molecule has 2 rings (SSSR count). The molecule has 2 nitrogen and oxygen atoms in total. The Balaban J connectivity index is 2.52. The van der Waals surface area contributed by atoms with Gasteiger partial charge in [-0.3, -0.25) is 0 Å². The summed E-state index contributed by atoms with van der Waals surface area (Å²) >= 11 is 10.8. The normalized spacial score (nSPS) is 10.5. The van der Waals surface area contributed by atoms with Crippen molar-refractivity contribution in [1.82, 2.24) is 10.2 Å². The first-order valence-electron chi connectivity index (χ1n) is 3.92. The Hall–Kier alpha value is -0.450. The lowest BCUT2D eigenvalue weighted by molar-refractivity contribution is 1.08. The summed E-state index contributed by atoms with van der Waals surface area (Å²) in [5.41, 5.74) is 2.07. The first kappa shape index (κ1) is 10.1.